The van der Waals surface area contributed by atoms with Crippen LogP contribution < -0.4 is 10.1 Å². The lowest BCUT2D eigenvalue weighted by molar-refractivity contribution is 0.0942. The Bertz CT molecular complexity index is 1260. The Labute approximate surface area is 201 Å². The molecular formula is C29H31N3O2. The maximum absolute atomic E-state index is 13.6. The summed E-state index contributed by atoms with van der Waals surface area (Å²) < 4.78 is 7.31. The van der Waals surface area contributed by atoms with Crippen molar-refractivity contribution in [1.29, 1.82) is 0 Å². The molecule has 0 radical (unpaired) electrons. The van der Waals surface area contributed by atoms with Crippen LogP contribution >= 0.6 is 0 Å². The highest BCUT2D eigenvalue weighted by molar-refractivity contribution is 5.99. The average molecular weight is 454 g/mol. The fourth-order valence-electron chi connectivity index (χ4n) is 4.07. The molecule has 0 bridgehead atoms. The number of carbonyl (C=O) groups excluding carboxylic acids is 1. The largest absolute Gasteiger partial charge is 0.497 e. The van der Waals surface area contributed by atoms with E-state index in [0.717, 1.165) is 28.3 Å². The number of hydrogen-bond donors (Lipinski definition) is 1. The molecule has 5 nitrogen and oxygen atoms in total. The maximum Gasteiger partial charge on any atom is 0.270 e. The number of amides is 1. The molecule has 0 aliphatic rings. The van der Waals surface area contributed by atoms with E-state index in [1.807, 2.05) is 66.1 Å². The van der Waals surface area contributed by atoms with Crippen LogP contribution in [0.3, 0.4) is 0 Å². The van der Waals surface area contributed by atoms with Gasteiger partial charge in [-0.15, -0.1) is 0 Å². The number of benzene rings is 3. The molecule has 3 aromatic carbocycles. The molecule has 0 atom stereocenters. The van der Waals surface area contributed by atoms with Crippen LogP contribution in [0.1, 0.15) is 48.3 Å². The van der Waals surface area contributed by atoms with E-state index in [0.29, 0.717) is 30.4 Å². The first-order valence-corrected chi connectivity index (χ1v) is 11.7. The molecule has 1 N–H and O–H groups in total. The molecule has 0 saturated carbocycles. The minimum absolute atomic E-state index is 0.151. The average Bonchev–Trinajstić information content (AvgIpc) is 3.27. The summed E-state index contributed by atoms with van der Waals surface area (Å²) in [6.07, 6.45) is 0. The van der Waals surface area contributed by atoms with E-state index in [2.05, 4.69) is 43.4 Å². The Morgan fingerprint density at radius 3 is 2.35 bits per heavy atom. The van der Waals surface area contributed by atoms with E-state index in [1.165, 1.54) is 5.56 Å². The molecule has 4 rings (SSSR count). The summed E-state index contributed by atoms with van der Waals surface area (Å²) >= 11 is 0. The molecule has 1 aromatic heterocycles. The number of nitrogens with one attached hydrogen (secondary N) is 1. The van der Waals surface area contributed by atoms with Gasteiger partial charge in [0, 0.05) is 24.2 Å². The van der Waals surface area contributed by atoms with Crippen LogP contribution in [0.15, 0.2) is 78.9 Å². The third-order valence-corrected chi connectivity index (χ3v) is 5.97. The van der Waals surface area contributed by atoms with Crippen LogP contribution in [0.4, 0.5) is 0 Å². The summed E-state index contributed by atoms with van der Waals surface area (Å²) in [5, 5.41) is 3.09. The zero-order valence-corrected chi connectivity index (χ0v) is 20.2. The van der Waals surface area contributed by atoms with Gasteiger partial charge in [0.1, 0.15) is 23.0 Å². The normalized spacial score (nSPS) is 11.0. The predicted molar refractivity (Wildman–Crippen MR) is 137 cm³/mol. The number of ether oxygens (including phenoxy) is 1. The summed E-state index contributed by atoms with van der Waals surface area (Å²) in [6.45, 7) is 7.41. The smallest absolute Gasteiger partial charge is 0.270 e. The maximum atomic E-state index is 13.6. The van der Waals surface area contributed by atoms with Gasteiger partial charge in [0.2, 0.25) is 0 Å². The highest BCUT2D eigenvalue weighted by Gasteiger charge is 2.24. The molecule has 4 aromatic rings. The number of nitrogens with zero attached hydrogens (tertiary/aromatic N) is 2. The van der Waals surface area contributed by atoms with Gasteiger partial charge in [0.05, 0.1) is 7.11 Å². The molecule has 0 spiro atoms. The fraction of sp³-hybridized carbons (Fsp3) is 0.241. The summed E-state index contributed by atoms with van der Waals surface area (Å²) in [6, 6.07) is 26.1. The molecule has 1 amide bonds. The van der Waals surface area contributed by atoms with Crippen molar-refractivity contribution in [2.75, 3.05) is 7.11 Å². The van der Waals surface area contributed by atoms with Gasteiger partial charge in [0.25, 0.3) is 5.91 Å². The first-order chi connectivity index (χ1) is 16.5. The highest BCUT2D eigenvalue weighted by Crippen LogP contribution is 2.30. The number of imidazole rings is 1. The van der Waals surface area contributed by atoms with Gasteiger partial charge in [-0.25, -0.2) is 4.98 Å². The molecule has 0 saturated heterocycles. The lowest BCUT2D eigenvalue weighted by atomic mass is 10.0. The zero-order valence-electron chi connectivity index (χ0n) is 20.2. The Hall–Kier alpha value is -3.86. The second-order valence-electron chi connectivity index (χ2n) is 8.55. The second-order valence-corrected chi connectivity index (χ2v) is 8.55. The number of carbonyl (C=O) groups is 1. The fourth-order valence-corrected chi connectivity index (χ4v) is 4.07. The van der Waals surface area contributed by atoms with Crippen molar-refractivity contribution < 1.29 is 9.53 Å². The van der Waals surface area contributed by atoms with Gasteiger partial charge >= 0.3 is 0 Å². The molecule has 0 aliphatic carbocycles. The number of hydrogen-bond acceptors (Lipinski definition) is 3. The van der Waals surface area contributed by atoms with Gasteiger partial charge in [0.15, 0.2) is 0 Å². The van der Waals surface area contributed by atoms with E-state index in [9.17, 15) is 4.79 Å². The van der Waals surface area contributed by atoms with E-state index in [4.69, 9.17) is 9.72 Å². The van der Waals surface area contributed by atoms with Crippen LogP contribution in [0.5, 0.6) is 5.75 Å². The monoisotopic (exact) mass is 453 g/mol. The van der Waals surface area contributed by atoms with E-state index in [1.54, 1.807) is 7.11 Å². The molecule has 174 valence electrons. The van der Waals surface area contributed by atoms with Crippen LogP contribution in [-0.4, -0.2) is 22.6 Å². The van der Waals surface area contributed by atoms with Gasteiger partial charge < -0.3 is 14.6 Å². The third kappa shape index (κ3) is 4.88. The Balaban J connectivity index is 1.75. The summed E-state index contributed by atoms with van der Waals surface area (Å²) in [5.41, 5.74) is 5.41. The number of methoxy groups -OCH3 is 1. The highest BCUT2D eigenvalue weighted by atomic mass is 16.5. The van der Waals surface area contributed by atoms with Crippen LogP contribution in [0.2, 0.25) is 0 Å². The molecule has 0 fully saturated rings. The SMILES string of the molecule is CCn1c(-c2ccccc2)nc(-c2ccc(C(C)C)cc2)c1C(=O)NCc1cccc(OC)c1. The van der Waals surface area contributed by atoms with E-state index < -0.39 is 0 Å². The van der Waals surface area contributed by atoms with Crippen LogP contribution in [0, 0.1) is 0 Å². The van der Waals surface area contributed by atoms with Crippen molar-refractivity contribution in [3.63, 3.8) is 0 Å². The topological polar surface area (TPSA) is 56.2 Å². The van der Waals surface area contributed by atoms with Gasteiger partial charge in [-0.05, 0) is 36.1 Å². The minimum atomic E-state index is -0.151. The summed E-state index contributed by atoms with van der Waals surface area (Å²) in [7, 11) is 1.64. The van der Waals surface area contributed by atoms with Gasteiger partial charge in [-0.2, -0.15) is 0 Å². The lowest BCUT2D eigenvalue weighted by Gasteiger charge is -2.12. The van der Waals surface area contributed by atoms with Crippen molar-refractivity contribution in [2.24, 2.45) is 0 Å². The minimum Gasteiger partial charge on any atom is -0.497 e. The summed E-state index contributed by atoms with van der Waals surface area (Å²) in [4.78, 5) is 18.5. The van der Waals surface area contributed by atoms with Gasteiger partial charge in [-0.1, -0.05) is 80.6 Å². The molecule has 34 heavy (non-hydrogen) atoms. The summed E-state index contributed by atoms with van der Waals surface area (Å²) in [5.74, 6) is 1.84. The zero-order chi connectivity index (χ0) is 24.1. The van der Waals surface area contributed by atoms with E-state index >= 15 is 0 Å². The molecule has 0 unspecified atom stereocenters. The Morgan fingerprint density at radius 2 is 1.71 bits per heavy atom. The van der Waals surface area contributed by atoms with Crippen LogP contribution in [-0.2, 0) is 13.1 Å². The number of aromatic nitrogens is 2. The van der Waals surface area contributed by atoms with Crippen molar-refractivity contribution >= 4 is 5.91 Å². The molecule has 0 aliphatic heterocycles. The molecule has 5 heteroatoms. The predicted octanol–water partition coefficient (Wildman–Crippen LogP) is 6.30. The van der Waals surface area contributed by atoms with Crippen molar-refractivity contribution in [3.05, 3.63) is 95.7 Å². The quantitative estimate of drug-likeness (QED) is 0.341. The Morgan fingerprint density at radius 1 is 0.971 bits per heavy atom. The van der Waals surface area contributed by atoms with Gasteiger partial charge in [-0.3, -0.25) is 4.79 Å². The Kier molecular flexibility index (Phi) is 7.12. The van der Waals surface area contributed by atoms with Crippen molar-refractivity contribution in [2.45, 2.75) is 39.8 Å². The van der Waals surface area contributed by atoms with Crippen LogP contribution in [0.25, 0.3) is 22.6 Å². The molecular weight excluding hydrogens is 422 g/mol. The first kappa shape index (κ1) is 23.3. The van der Waals surface area contributed by atoms with Crippen molar-refractivity contribution in [1.82, 2.24) is 14.9 Å². The third-order valence-electron chi connectivity index (χ3n) is 5.97. The van der Waals surface area contributed by atoms with Crippen molar-refractivity contribution in [3.8, 4) is 28.4 Å². The first-order valence-electron chi connectivity index (χ1n) is 11.7. The molecule has 1 heterocycles. The lowest BCUT2D eigenvalue weighted by Crippen LogP contribution is -2.26. The second kappa shape index (κ2) is 10.4. The number of rotatable bonds is 8. The standard InChI is InChI=1S/C29H31N3O2/c1-5-32-27(29(33)30-19-21-10-9-13-25(18-21)34-4)26(23-16-14-22(15-17-23)20(2)3)31-28(32)24-11-7-6-8-12-24/h6-18,20H,5,19H2,1-4H3,(H,30,33). The van der Waals surface area contributed by atoms with E-state index in [-0.39, 0.29) is 5.91 Å².